The molecule has 4 nitrogen and oxygen atoms in total. The summed E-state index contributed by atoms with van der Waals surface area (Å²) >= 11 is 6.10. The van der Waals surface area contributed by atoms with Crippen molar-refractivity contribution in [3.05, 3.63) is 47.5 Å². The number of fused-ring (bicyclic) bond motifs is 1. The first-order chi connectivity index (χ1) is 11.3. The van der Waals surface area contributed by atoms with Gasteiger partial charge in [-0.15, -0.1) is 13.2 Å². The van der Waals surface area contributed by atoms with E-state index in [0.717, 1.165) is 11.5 Å². The molecule has 1 heterocycles. The zero-order chi connectivity index (χ0) is 17.5. The lowest BCUT2D eigenvalue weighted by Crippen LogP contribution is -2.18. The standard InChI is InChI=1S/C16H11ClF3N3O/c17-9-3-1-2-8-4-6-11(23-15(8)9)13-12(24-16(18,19)20)7-5-10(21)14(13)22/h1-7H,21-22H2. The first-order valence-corrected chi connectivity index (χ1v) is 7.13. The van der Waals surface area contributed by atoms with Crippen molar-refractivity contribution in [1.82, 2.24) is 4.98 Å². The Morgan fingerprint density at radius 1 is 1.00 bits per heavy atom. The molecule has 0 amide bonds. The average Bonchev–Trinajstić information content (AvgIpc) is 2.50. The molecule has 0 atom stereocenters. The molecule has 3 rings (SSSR count). The van der Waals surface area contributed by atoms with Crippen LogP contribution in [-0.2, 0) is 0 Å². The van der Waals surface area contributed by atoms with Gasteiger partial charge in [-0.25, -0.2) is 4.98 Å². The Balaban J connectivity index is 2.25. The molecule has 24 heavy (non-hydrogen) atoms. The van der Waals surface area contributed by atoms with Crippen LogP contribution in [0.4, 0.5) is 24.5 Å². The lowest BCUT2D eigenvalue weighted by molar-refractivity contribution is -0.274. The molecule has 0 unspecified atom stereocenters. The Morgan fingerprint density at radius 2 is 1.75 bits per heavy atom. The topological polar surface area (TPSA) is 74.2 Å². The maximum Gasteiger partial charge on any atom is 0.573 e. The Morgan fingerprint density at radius 3 is 2.46 bits per heavy atom. The van der Waals surface area contributed by atoms with E-state index in [-0.39, 0.29) is 22.6 Å². The van der Waals surface area contributed by atoms with E-state index in [0.29, 0.717) is 10.5 Å². The number of para-hydroxylation sites is 1. The number of hydrogen-bond donors (Lipinski definition) is 2. The van der Waals surface area contributed by atoms with Crippen molar-refractivity contribution in [3.63, 3.8) is 0 Å². The van der Waals surface area contributed by atoms with Gasteiger partial charge < -0.3 is 16.2 Å². The van der Waals surface area contributed by atoms with Gasteiger partial charge in [-0.05, 0) is 24.3 Å². The number of nitrogen functional groups attached to an aromatic ring is 2. The van der Waals surface area contributed by atoms with Crippen LogP contribution < -0.4 is 16.2 Å². The largest absolute Gasteiger partial charge is 0.573 e. The molecular weight excluding hydrogens is 343 g/mol. The summed E-state index contributed by atoms with van der Waals surface area (Å²) in [6, 6.07) is 10.7. The molecule has 0 aliphatic rings. The fourth-order valence-corrected chi connectivity index (χ4v) is 2.56. The van der Waals surface area contributed by atoms with Crippen molar-refractivity contribution >= 4 is 33.9 Å². The molecule has 0 aliphatic carbocycles. The van der Waals surface area contributed by atoms with Crippen LogP contribution in [0.1, 0.15) is 0 Å². The van der Waals surface area contributed by atoms with Crippen LogP contribution in [0.15, 0.2) is 42.5 Å². The molecule has 0 bridgehead atoms. The third-order valence-corrected chi connectivity index (χ3v) is 3.70. The number of anilines is 2. The summed E-state index contributed by atoms with van der Waals surface area (Å²) in [6.45, 7) is 0. The molecular formula is C16H11ClF3N3O. The van der Waals surface area contributed by atoms with Crippen molar-refractivity contribution in [2.45, 2.75) is 6.36 Å². The number of rotatable bonds is 2. The van der Waals surface area contributed by atoms with Gasteiger partial charge in [-0.3, -0.25) is 0 Å². The molecule has 0 spiro atoms. The summed E-state index contributed by atoms with van der Waals surface area (Å²) in [4.78, 5) is 4.32. The van der Waals surface area contributed by atoms with E-state index in [1.165, 1.54) is 12.1 Å². The number of alkyl halides is 3. The van der Waals surface area contributed by atoms with Gasteiger partial charge in [0.1, 0.15) is 5.75 Å². The molecule has 1 aromatic heterocycles. The minimum atomic E-state index is -4.87. The molecule has 0 saturated carbocycles. The van der Waals surface area contributed by atoms with E-state index in [4.69, 9.17) is 23.1 Å². The molecule has 3 aromatic rings. The number of ether oxygens (including phenoxy) is 1. The third kappa shape index (κ3) is 3.03. The molecule has 0 radical (unpaired) electrons. The SMILES string of the molecule is Nc1ccc(OC(F)(F)F)c(-c2ccc3cccc(Cl)c3n2)c1N. The van der Waals surface area contributed by atoms with Crippen molar-refractivity contribution in [3.8, 4) is 17.0 Å². The fourth-order valence-electron chi connectivity index (χ4n) is 2.34. The van der Waals surface area contributed by atoms with Crippen LogP contribution in [0.3, 0.4) is 0 Å². The summed E-state index contributed by atoms with van der Waals surface area (Å²) in [6.07, 6.45) is -4.87. The van der Waals surface area contributed by atoms with E-state index < -0.39 is 12.1 Å². The highest BCUT2D eigenvalue weighted by atomic mass is 35.5. The van der Waals surface area contributed by atoms with Gasteiger partial charge in [0.15, 0.2) is 0 Å². The van der Waals surface area contributed by atoms with E-state index in [9.17, 15) is 13.2 Å². The third-order valence-electron chi connectivity index (χ3n) is 3.39. The van der Waals surface area contributed by atoms with Crippen molar-refractivity contribution in [2.24, 2.45) is 0 Å². The summed E-state index contributed by atoms with van der Waals surface area (Å²) in [7, 11) is 0. The number of nitrogens with two attached hydrogens (primary N) is 2. The van der Waals surface area contributed by atoms with Crippen molar-refractivity contribution < 1.29 is 17.9 Å². The minimum Gasteiger partial charge on any atom is -0.405 e. The normalized spacial score (nSPS) is 11.7. The first-order valence-electron chi connectivity index (χ1n) is 6.75. The van der Waals surface area contributed by atoms with Crippen molar-refractivity contribution in [2.75, 3.05) is 11.5 Å². The number of aromatic nitrogens is 1. The molecule has 4 N–H and O–H groups in total. The van der Waals surface area contributed by atoms with Gasteiger partial charge in [0, 0.05) is 5.39 Å². The van der Waals surface area contributed by atoms with Gasteiger partial charge in [0.2, 0.25) is 0 Å². The summed E-state index contributed by atoms with van der Waals surface area (Å²) in [5, 5.41) is 1.11. The monoisotopic (exact) mass is 353 g/mol. The van der Waals surface area contributed by atoms with Gasteiger partial charge in [-0.1, -0.05) is 29.8 Å². The Hall–Kier alpha value is -2.67. The first kappa shape index (κ1) is 16.2. The number of nitrogens with zero attached hydrogens (tertiary/aromatic N) is 1. The molecule has 2 aromatic carbocycles. The average molecular weight is 354 g/mol. The fraction of sp³-hybridized carbons (Fsp3) is 0.0625. The lowest BCUT2D eigenvalue weighted by atomic mass is 10.0. The van der Waals surface area contributed by atoms with E-state index in [1.54, 1.807) is 24.3 Å². The van der Waals surface area contributed by atoms with Crippen LogP contribution in [0.5, 0.6) is 5.75 Å². The smallest absolute Gasteiger partial charge is 0.405 e. The summed E-state index contributed by atoms with van der Waals surface area (Å²) in [5.74, 6) is -0.479. The van der Waals surface area contributed by atoms with Crippen LogP contribution in [0, 0.1) is 0 Å². The highest BCUT2D eigenvalue weighted by Crippen LogP contribution is 2.40. The van der Waals surface area contributed by atoms with Crippen LogP contribution in [-0.4, -0.2) is 11.3 Å². The molecule has 0 saturated heterocycles. The van der Waals surface area contributed by atoms with Gasteiger partial charge in [-0.2, -0.15) is 0 Å². The molecule has 0 fully saturated rings. The van der Waals surface area contributed by atoms with Crippen LogP contribution in [0.2, 0.25) is 5.02 Å². The summed E-state index contributed by atoms with van der Waals surface area (Å²) < 4.78 is 42.0. The predicted octanol–water partition coefficient (Wildman–Crippen LogP) is 4.62. The van der Waals surface area contributed by atoms with Gasteiger partial charge in [0.25, 0.3) is 0 Å². The molecule has 124 valence electrons. The minimum absolute atomic E-state index is 0.0332. The highest BCUT2D eigenvalue weighted by Gasteiger charge is 2.33. The molecule has 8 heteroatoms. The molecule has 0 aliphatic heterocycles. The number of pyridine rings is 1. The number of hydrogen-bond acceptors (Lipinski definition) is 4. The van der Waals surface area contributed by atoms with E-state index in [1.807, 2.05) is 0 Å². The van der Waals surface area contributed by atoms with Gasteiger partial charge in [0.05, 0.1) is 33.2 Å². The quantitative estimate of drug-likeness (QED) is 0.659. The lowest BCUT2D eigenvalue weighted by Gasteiger charge is -2.16. The van der Waals surface area contributed by atoms with E-state index >= 15 is 0 Å². The van der Waals surface area contributed by atoms with E-state index in [2.05, 4.69) is 9.72 Å². The van der Waals surface area contributed by atoms with Crippen LogP contribution in [0.25, 0.3) is 22.2 Å². The second-order valence-corrected chi connectivity index (χ2v) is 5.40. The Bertz CT molecular complexity index is 928. The van der Waals surface area contributed by atoms with Gasteiger partial charge >= 0.3 is 6.36 Å². The Labute approximate surface area is 139 Å². The zero-order valence-electron chi connectivity index (χ0n) is 12.1. The number of benzene rings is 2. The second-order valence-electron chi connectivity index (χ2n) is 5.00. The maximum atomic E-state index is 12.7. The zero-order valence-corrected chi connectivity index (χ0v) is 12.8. The predicted molar refractivity (Wildman–Crippen MR) is 87.7 cm³/mol. The maximum absolute atomic E-state index is 12.7. The second kappa shape index (κ2) is 5.76. The Kier molecular flexibility index (Phi) is 3.88. The highest BCUT2D eigenvalue weighted by molar-refractivity contribution is 6.35. The van der Waals surface area contributed by atoms with Crippen LogP contribution >= 0.6 is 11.6 Å². The number of halogens is 4. The summed E-state index contributed by atoms with van der Waals surface area (Å²) in [5.41, 5.74) is 12.3. The van der Waals surface area contributed by atoms with Crippen molar-refractivity contribution in [1.29, 1.82) is 0 Å².